The van der Waals surface area contributed by atoms with Gasteiger partial charge in [-0.3, -0.25) is 4.79 Å². The number of carbonyl (C=O) groups is 1. The van der Waals surface area contributed by atoms with Crippen LogP contribution in [0, 0.1) is 0 Å². The van der Waals surface area contributed by atoms with Crippen LogP contribution in [0.4, 0.5) is 0 Å². The first-order valence-corrected chi connectivity index (χ1v) is 5.39. The first kappa shape index (κ1) is 11.0. The fourth-order valence-corrected chi connectivity index (χ4v) is 1.77. The Morgan fingerprint density at radius 2 is 2.14 bits per heavy atom. The lowest BCUT2D eigenvalue weighted by Crippen LogP contribution is -2.22. The minimum absolute atomic E-state index is 0.127. The highest BCUT2D eigenvalue weighted by Crippen LogP contribution is 2.29. The number of carbonyl (C=O) groups excluding carboxylic acids is 1. The predicted octanol–water partition coefficient (Wildman–Crippen LogP) is 2.57. The summed E-state index contributed by atoms with van der Waals surface area (Å²) in [5.41, 5.74) is 2.87. The van der Waals surface area contributed by atoms with Gasteiger partial charge in [0.2, 0.25) is 5.91 Å². The van der Waals surface area contributed by atoms with Gasteiger partial charge in [0.25, 0.3) is 0 Å². The average Bonchev–Trinajstić information content (AvgIpc) is 2.65. The topological polar surface area (TPSA) is 29.1 Å². The van der Waals surface area contributed by atoms with Crippen molar-refractivity contribution in [3.05, 3.63) is 23.3 Å². The van der Waals surface area contributed by atoms with Crippen molar-refractivity contribution in [1.82, 2.24) is 5.32 Å². The molecule has 2 heteroatoms. The molecular weight excluding hydrogens is 174 g/mol. The summed E-state index contributed by atoms with van der Waals surface area (Å²) in [4.78, 5) is 11.0. The van der Waals surface area contributed by atoms with E-state index < -0.39 is 0 Å². The molecular formula is C12H19NO. The van der Waals surface area contributed by atoms with Gasteiger partial charge in [0.05, 0.1) is 0 Å². The van der Waals surface area contributed by atoms with Crippen LogP contribution in [0.2, 0.25) is 0 Å². The molecule has 0 radical (unpaired) electrons. The molecule has 1 saturated carbocycles. The lowest BCUT2D eigenvalue weighted by Gasteiger charge is -2.02. The highest BCUT2D eigenvalue weighted by Gasteiger charge is 2.11. The van der Waals surface area contributed by atoms with Crippen LogP contribution >= 0.6 is 0 Å². The molecule has 0 atom stereocenters. The summed E-state index contributed by atoms with van der Waals surface area (Å²) in [6, 6.07) is 0. The highest BCUT2D eigenvalue weighted by atomic mass is 16.1. The summed E-state index contributed by atoms with van der Waals surface area (Å²) in [6.45, 7) is 4.63. The second-order valence-corrected chi connectivity index (χ2v) is 3.55. The molecule has 1 amide bonds. The monoisotopic (exact) mass is 193 g/mol. The van der Waals surface area contributed by atoms with Crippen LogP contribution in [0.1, 0.15) is 39.5 Å². The number of nitrogens with one attached hydrogen (secondary N) is 1. The van der Waals surface area contributed by atoms with Gasteiger partial charge in [0.1, 0.15) is 0 Å². The Hall–Kier alpha value is -1.05. The van der Waals surface area contributed by atoms with Crippen molar-refractivity contribution < 1.29 is 4.79 Å². The largest absolute Gasteiger partial charge is 0.353 e. The van der Waals surface area contributed by atoms with Crippen molar-refractivity contribution in [2.24, 2.45) is 0 Å². The van der Waals surface area contributed by atoms with Crippen LogP contribution in [0.5, 0.6) is 0 Å². The van der Waals surface area contributed by atoms with Gasteiger partial charge >= 0.3 is 0 Å². The van der Waals surface area contributed by atoms with Gasteiger partial charge in [-0.15, -0.1) is 0 Å². The van der Waals surface area contributed by atoms with E-state index >= 15 is 0 Å². The molecule has 0 bridgehead atoms. The van der Waals surface area contributed by atoms with E-state index in [2.05, 4.69) is 24.4 Å². The van der Waals surface area contributed by atoms with E-state index in [9.17, 15) is 4.79 Å². The molecule has 0 unspecified atom stereocenters. The molecule has 2 nitrogen and oxygen atoms in total. The average molecular weight is 193 g/mol. The Kier molecular flexibility index (Phi) is 4.44. The zero-order valence-electron chi connectivity index (χ0n) is 9.10. The Bertz CT molecular complexity index is 263. The number of hydrogen-bond donors (Lipinski definition) is 1. The van der Waals surface area contributed by atoms with E-state index in [0.717, 1.165) is 0 Å². The number of allylic oxidation sites excluding steroid dienone is 3. The third-order valence-corrected chi connectivity index (χ3v) is 2.62. The third kappa shape index (κ3) is 3.02. The van der Waals surface area contributed by atoms with Gasteiger partial charge in [-0.25, -0.2) is 0 Å². The van der Waals surface area contributed by atoms with E-state index in [1.54, 1.807) is 0 Å². The maximum atomic E-state index is 11.0. The zero-order valence-corrected chi connectivity index (χ0v) is 9.10. The number of rotatable bonds is 3. The first-order valence-electron chi connectivity index (χ1n) is 5.39. The van der Waals surface area contributed by atoms with Crippen molar-refractivity contribution in [2.45, 2.75) is 39.5 Å². The predicted molar refractivity (Wildman–Crippen MR) is 59.0 cm³/mol. The molecule has 1 aliphatic carbocycles. The maximum Gasteiger partial charge on any atom is 0.219 e. The minimum atomic E-state index is 0.127. The number of hydrogen-bond acceptors (Lipinski definition) is 1. The van der Waals surface area contributed by atoms with Crippen LogP contribution in [-0.2, 0) is 4.79 Å². The van der Waals surface area contributed by atoms with Crippen LogP contribution in [0.25, 0.3) is 0 Å². The molecule has 78 valence electrons. The van der Waals surface area contributed by atoms with Crippen LogP contribution in [-0.4, -0.2) is 12.5 Å². The van der Waals surface area contributed by atoms with E-state index in [1.165, 1.54) is 30.4 Å². The van der Waals surface area contributed by atoms with Crippen LogP contribution in [0.3, 0.4) is 0 Å². The molecule has 0 aromatic rings. The summed E-state index contributed by atoms with van der Waals surface area (Å²) in [5, 5.41) is 2.86. The van der Waals surface area contributed by atoms with Gasteiger partial charge in [-0.1, -0.05) is 19.1 Å². The molecule has 1 N–H and O–H groups in total. The van der Waals surface area contributed by atoms with Gasteiger partial charge in [0, 0.05) is 13.0 Å². The smallest absolute Gasteiger partial charge is 0.219 e. The third-order valence-electron chi connectivity index (χ3n) is 2.62. The summed E-state index contributed by atoms with van der Waals surface area (Å²) in [6.07, 6.45) is 8.52. The fourth-order valence-electron chi connectivity index (χ4n) is 1.77. The van der Waals surface area contributed by atoms with Gasteiger partial charge in [-0.2, -0.15) is 0 Å². The molecule has 0 heterocycles. The van der Waals surface area contributed by atoms with Crippen LogP contribution in [0.15, 0.2) is 23.3 Å². The molecule has 0 aromatic carbocycles. The minimum Gasteiger partial charge on any atom is -0.353 e. The van der Waals surface area contributed by atoms with E-state index in [1.807, 2.05) is 6.92 Å². The number of amides is 1. The highest BCUT2D eigenvalue weighted by molar-refractivity contribution is 5.75. The maximum absolute atomic E-state index is 11.0. The van der Waals surface area contributed by atoms with Crippen molar-refractivity contribution in [2.75, 3.05) is 6.54 Å². The Morgan fingerprint density at radius 1 is 1.43 bits per heavy atom. The summed E-state index contributed by atoms with van der Waals surface area (Å²) >= 11 is 0. The van der Waals surface area contributed by atoms with E-state index in [4.69, 9.17) is 0 Å². The normalized spacial score (nSPS) is 21.9. The summed E-state index contributed by atoms with van der Waals surface area (Å²) < 4.78 is 0. The lowest BCUT2D eigenvalue weighted by molar-refractivity contribution is -0.120. The summed E-state index contributed by atoms with van der Waals surface area (Å²) in [7, 11) is 0. The second kappa shape index (κ2) is 5.63. The Labute approximate surface area is 86.1 Å². The van der Waals surface area contributed by atoms with Gasteiger partial charge in [-0.05, 0) is 37.3 Å². The standard InChI is InChI=1S/C12H19NO/c1-3-10-6-5-7-11(10)8-9-13-12(14)4-2/h3,8H,4-7,9H2,1-2H3,(H,13,14)/b10-3-,11-8-. The zero-order chi connectivity index (χ0) is 10.4. The molecule has 0 aromatic heterocycles. The van der Waals surface area contributed by atoms with Gasteiger partial charge in [0.15, 0.2) is 0 Å². The van der Waals surface area contributed by atoms with E-state index in [0.29, 0.717) is 13.0 Å². The second-order valence-electron chi connectivity index (χ2n) is 3.55. The van der Waals surface area contributed by atoms with Crippen molar-refractivity contribution in [1.29, 1.82) is 0 Å². The van der Waals surface area contributed by atoms with E-state index in [-0.39, 0.29) is 5.91 Å². The quantitative estimate of drug-likeness (QED) is 0.733. The fraction of sp³-hybridized carbons (Fsp3) is 0.583. The summed E-state index contributed by atoms with van der Waals surface area (Å²) in [5.74, 6) is 0.127. The Morgan fingerprint density at radius 3 is 2.79 bits per heavy atom. The molecule has 1 rings (SSSR count). The lowest BCUT2D eigenvalue weighted by atomic mass is 10.1. The Balaban J connectivity index is 2.40. The van der Waals surface area contributed by atoms with Crippen molar-refractivity contribution in [3.8, 4) is 0 Å². The molecule has 0 saturated heterocycles. The molecule has 1 aliphatic rings. The SMILES string of the molecule is C/C=C1/CCC/C1=C/CNC(=O)CC. The van der Waals surface area contributed by atoms with Crippen molar-refractivity contribution >= 4 is 5.91 Å². The van der Waals surface area contributed by atoms with Crippen molar-refractivity contribution in [3.63, 3.8) is 0 Å². The molecule has 0 spiro atoms. The first-order chi connectivity index (χ1) is 6.77. The molecule has 14 heavy (non-hydrogen) atoms. The molecule has 0 aliphatic heterocycles. The van der Waals surface area contributed by atoms with Crippen LogP contribution < -0.4 is 5.32 Å². The molecule has 1 fully saturated rings. The van der Waals surface area contributed by atoms with Gasteiger partial charge < -0.3 is 5.32 Å².